The predicted molar refractivity (Wildman–Crippen MR) is 83.5 cm³/mol. The van der Waals surface area contributed by atoms with Gasteiger partial charge in [0.2, 0.25) is 0 Å². The topological polar surface area (TPSA) is 75.6 Å². The van der Waals surface area contributed by atoms with Crippen LogP contribution in [0.2, 0.25) is 5.02 Å². The predicted octanol–water partition coefficient (Wildman–Crippen LogP) is 4.14. The number of amides is 1. The molecular formula is C14H17BrClNO4. The van der Waals surface area contributed by atoms with E-state index in [1.807, 2.05) is 0 Å². The number of alkyl carbamates (subject to hydrolysis) is 1. The molecule has 1 rings (SSSR count). The minimum Gasteiger partial charge on any atom is -0.481 e. The Bertz CT molecular complexity index is 542. The number of aliphatic carboxylic acids is 1. The maximum absolute atomic E-state index is 11.8. The lowest BCUT2D eigenvalue weighted by Crippen LogP contribution is -2.35. The average molecular weight is 379 g/mol. The quantitative estimate of drug-likeness (QED) is 0.825. The average Bonchev–Trinajstić information content (AvgIpc) is 2.28. The third-order valence-electron chi connectivity index (χ3n) is 2.42. The van der Waals surface area contributed by atoms with E-state index in [9.17, 15) is 9.59 Å². The van der Waals surface area contributed by atoms with Crippen LogP contribution in [0.1, 0.15) is 38.8 Å². The number of carbonyl (C=O) groups excluding carboxylic acids is 1. The summed E-state index contributed by atoms with van der Waals surface area (Å²) >= 11 is 9.18. The first-order valence-electron chi connectivity index (χ1n) is 6.25. The van der Waals surface area contributed by atoms with Crippen molar-refractivity contribution in [3.8, 4) is 0 Å². The van der Waals surface area contributed by atoms with Gasteiger partial charge in [0.05, 0.1) is 17.5 Å². The molecule has 0 spiro atoms. The van der Waals surface area contributed by atoms with E-state index in [2.05, 4.69) is 21.2 Å². The van der Waals surface area contributed by atoms with E-state index in [1.54, 1.807) is 39.0 Å². The van der Waals surface area contributed by atoms with E-state index >= 15 is 0 Å². The molecule has 0 aliphatic carbocycles. The molecule has 0 fully saturated rings. The van der Waals surface area contributed by atoms with Gasteiger partial charge in [-0.3, -0.25) is 4.79 Å². The molecule has 0 aliphatic rings. The van der Waals surface area contributed by atoms with Crippen LogP contribution in [0.3, 0.4) is 0 Å². The number of carboxylic acids is 1. The molecule has 0 radical (unpaired) electrons. The van der Waals surface area contributed by atoms with Crippen molar-refractivity contribution in [3.05, 3.63) is 33.3 Å². The summed E-state index contributed by atoms with van der Waals surface area (Å²) in [5.74, 6) is -1.03. The largest absolute Gasteiger partial charge is 0.481 e. The van der Waals surface area contributed by atoms with Gasteiger partial charge in [-0.1, -0.05) is 17.7 Å². The fraction of sp³-hybridized carbons (Fsp3) is 0.429. The molecule has 7 heteroatoms. The van der Waals surface area contributed by atoms with Crippen LogP contribution >= 0.6 is 27.5 Å². The van der Waals surface area contributed by atoms with Gasteiger partial charge < -0.3 is 15.2 Å². The second-order valence-corrected chi connectivity index (χ2v) is 6.73. The minimum absolute atomic E-state index is 0.257. The van der Waals surface area contributed by atoms with E-state index < -0.39 is 23.7 Å². The highest BCUT2D eigenvalue weighted by Gasteiger charge is 2.22. The van der Waals surface area contributed by atoms with E-state index in [4.69, 9.17) is 21.4 Å². The number of hydrogen-bond donors (Lipinski definition) is 2. The maximum atomic E-state index is 11.8. The van der Waals surface area contributed by atoms with Crippen molar-refractivity contribution in [2.75, 3.05) is 0 Å². The van der Waals surface area contributed by atoms with Crippen LogP contribution in [0, 0.1) is 0 Å². The smallest absolute Gasteiger partial charge is 0.408 e. The van der Waals surface area contributed by atoms with Crippen molar-refractivity contribution in [2.24, 2.45) is 0 Å². The number of benzene rings is 1. The molecule has 0 saturated heterocycles. The van der Waals surface area contributed by atoms with E-state index in [1.165, 1.54) is 0 Å². The van der Waals surface area contributed by atoms with Gasteiger partial charge in [0.1, 0.15) is 5.60 Å². The number of carboxylic acid groups (broad SMARTS) is 1. The number of hydrogen-bond acceptors (Lipinski definition) is 3. The Morgan fingerprint density at radius 3 is 2.52 bits per heavy atom. The second kappa shape index (κ2) is 7.13. The molecule has 116 valence electrons. The van der Waals surface area contributed by atoms with Crippen molar-refractivity contribution < 1.29 is 19.4 Å². The van der Waals surface area contributed by atoms with Gasteiger partial charge in [0.15, 0.2) is 0 Å². The third kappa shape index (κ3) is 6.35. The Labute approximate surface area is 136 Å². The van der Waals surface area contributed by atoms with Gasteiger partial charge in [-0.25, -0.2) is 4.79 Å². The fourth-order valence-corrected chi connectivity index (χ4v) is 2.12. The van der Waals surface area contributed by atoms with Crippen molar-refractivity contribution >= 4 is 39.6 Å². The molecule has 21 heavy (non-hydrogen) atoms. The summed E-state index contributed by atoms with van der Waals surface area (Å²) in [6.07, 6.45) is -0.923. The van der Waals surface area contributed by atoms with Gasteiger partial charge in [0, 0.05) is 4.47 Å². The summed E-state index contributed by atoms with van der Waals surface area (Å²) in [5.41, 5.74) is -0.0298. The molecule has 0 aromatic heterocycles. The Kier molecular flexibility index (Phi) is 6.04. The second-order valence-electron chi connectivity index (χ2n) is 5.47. The van der Waals surface area contributed by atoms with Crippen LogP contribution in [0.5, 0.6) is 0 Å². The zero-order valence-corrected chi connectivity index (χ0v) is 14.3. The number of halogens is 2. The summed E-state index contributed by atoms with van der Waals surface area (Å²) in [7, 11) is 0. The molecular weight excluding hydrogens is 362 g/mol. The minimum atomic E-state index is -1.03. The molecule has 0 unspecified atom stereocenters. The van der Waals surface area contributed by atoms with Crippen LogP contribution in [-0.2, 0) is 9.53 Å². The van der Waals surface area contributed by atoms with E-state index in [0.29, 0.717) is 15.1 Å². The molecule has 5 nitrogen and oxygen atoms in total. The first-order valence-corrected chi connectivity index (χ1v) is 7.42. The first-order chi connectivity index (χ1) is 9.58. The Balaban J connectivity index is 2.92. The third-order valence-corrected chi connectivity index (χ3v) is 3.63. The molecule has 1 amide bonds. The van der Waals surface area contributed by atoms with Gasteiger partial charge >= 0.3 is 12.1 Å². The van der Waals surface area contributed by atoms with Gasteiger partial charge in [-0.15, -0.1) is 0 Å². The highest BCUT2D eigenvalue weighted by Crippen LogP contribution is 2.27. The summed E-state index contributed by atoms with van der Waals surface area (Å²) in [5, 5.41) is 12.1. The van der Waals surface area contributed by atoms with Crippen molar-refractivity contribution in [3.63, 3.8) is 0 Å². The highest BCUT2D eigenvalue weighted by atomic mass is 79.9. The number of ether oxygens (including phenoxy) is 1. The molecule has 0 saturated carbocycles. The normalized spacial score (nSPS) is 12.6. The highest BCUT2D eigenvalue weighted by molar-refractivity contribution is 9.10. The lowest BCUT2D eigenvalue weighted by atomic mass is 10.0. The molecule has 0 heterocycles. The Hall–Kier alpha value is -1.27. The van der Waals surface area contributed by atoms with Crippen LogP contribution in [0.15, 0.2) is 22.7 Å². The van der Waals surface area contributed by atoms with E-state index in [0.717, 1.165) is 0 Å². The van der Waals surface area contributed by atoms with Crippen LogP contribution in [0.4, 0.5) is 4.79 Å². The SMILES string of the molecule is CC(C)(C)OC(=O)N[C@H](CC(=O)O)c1ccc(Cl)c(Br)c1. The van der Waals surface area contributed by atoms with Crippen molar-refractivity contribution in [2.45, 2.75) is 38.8 Å². The summed E-state index contributed by atoms with van der Waals surface area (Å²) in [6.45, 7) is 5.20. The molecule has 0 aliphatic heterocycles. The standard InChI is InChI=1S/C14H17BrClNO4/c1-14(2,3)21-13(20)17-11(7-12(18)19)8-4-5-10(16)9(15)6-8/h4-6,11H,7H2,1-3H3,(H,17,20)(H,18,19)/t11-/m1/s1. The lowest BCUT2D eigenvalue weighted by molar-refractivity contribution is -0.137. The van der Waals surface area contributed by atoms with Crippen LogP contribution < -0.4 is 5.32 Å². The summed E-state index contributed by atoms with van der Waals surface area (Å²) < 4.78 is 5.77. The summed E-state index contributed by atoms with van der Waals surface area (Å²) in [4.78, 5) is 22.8. The molecule has 0 bridgehead atoms. The van der Waals surface area contributed by atoms with Gasteiger partial charge in [-0.2, -0.15) is 0 Å². The molecule has 2 N–H and O–H groups in total. The maximum Gasteiger partial charge on any atom is 0.408 e. The van der Waals surface area contributed by atoms with Crippen molar-refractivity contribution in [1.29, 1.82) is 0 Å². The number of rotatable bonds is 4. The first kappa shape index (κ1) is 17.8. The molecule has 1 atom stereocenters. The van der Waals surface area contributed by atoms with Gasteiger partial charge in [0.25, 0.3) is 0 Å². The van der Waals surface area contributed by atoms with Crippen LogP contribution in [0.25, 0.3) is 0 Å². The number of nitrogens with one attached hydrogen (secondary N) is 1. The zero-order chi connectivity index (χ0) is 16.2. The monoisotopic (exact) mass is 377 g/mol. The number of carbonyl (C=O) groups is 2. The lowest BCUT2D eigenvalue weighted by Gasteiger charge is -2.23. The molecule has 1 aromatic rings. The zero-order valence-electron chi connectivity index (χ0n) is 11.9. The van der Waals surface area contributed by atoms with Gasteiger partial charge in [-0.05, 0) is 54.4 Å². The summed E-state index contributed by atoms with van der Waals surface area (Å²) in [6, 6.07) is 4.27. The fourth-order valence-electron chi connectivity index (χ4n) is 1.61. The van der Waals surface area contributed by atoms with Crippen LogP contribution in [-0.4, -0.2) is 22.8 Å². The Morgan fingerprint density at radius 2 is 2.05 bits per heavy atom. The molecule has 1 aromatic carbocycles. The van der Waals surface area contributed by atoms with E-state index in [-0.39, 0.29) is 6.42 Å². The Morgan fingerprint density at radius 1 is 1.43 bits per heavy atom. The van der Waals surface area contributed by atoms with Crippen molar-refractivity contribution in [1.82, 2.24) is 5.32 Å².